The Morgan fingerprint density at radius 2 is 1.84 bits per heavy atom. The molecule has 7 heteroatoms. The first kappa shape index (κ1) is 17.8. The number of halogens is 1. The van der Waals surface area contributed by atoms with Crippen molar-refractivity contribution in [2.75, 3.05) is 25.5 Å². The summed E-state index contributed by atoms with van der Waals surface area (Å²) in [5.74, 6) is 0.836. The van der Waals surface area contributed by atoms with Crippen molar-refractivity contribution in [1.29, 1.82) is 0 Å². The third-order valence-electron chi connectivity index (χ3n) is 4.71. The summed E-state index contributed by atoms with van der Waals surface area (Å²) in [6, 6.07) is 10.3. The van der Waals surface area contributed by atoms with Crippen LogP contribution < -0.4 is 4.90 Å². The van der Waals surface area contributed by atoms with Gasteiger partial charge in [0, 0.05) is 38.8 Å². The summed E-state index contributed by atoms with van der Waals surface area (Å²) in [5, 5.41) is 0. The molecule has 1 saturated heterocycles. The lowest BCUT2D eigenvalue weighted by Gasteiger charge is -2.23. The Balaban J connectivity index is 1.79. The zero-order chi connectivity index (χ0) is 18.2. The Morgan fingerprint density at radius 1 is 1.16 bits per heavy atom. The van der Waals surface area contributed by atoms with Gasteiger partial charge in [-0.2, -0.15) is 0 Å². The molecule has 1 aromatic heterocycles. The third kappa shape index (κ3) is 3.52. The Labute approximate surface area is 148 Å². The molecule has 1 aromatic carbocycles. The molecule has 0 aliphatic carbocycles. The second kappa shape index (κ2) is 6.72. The topological polar surface area (TPSA) is 53.5 Å². The Hall–Kier alpha value is -1.99. The highest BCUT2D eigenvalue weighted by atomic mass is 32.2. The first-order valence-electron chi connectivity index (χ1n) is 8.19. The first-order chi connectivity index (χ1) is 11.8. The summed E-state index contributed by atoms with van der Waals surface area (Å²) in [6.07, 6.45) is 2.35. The molecule has 0 N–H and O–H groups in total. The van der Waals surface area contributed by atoms with E-state index >= 15 is 0 Å². The van der Waals surface area contributed by atoms with E-state index in [1.807, 2.05) is 12.1 Å². The number of rotatable bonds is 4. The average Bonchev–Trinajstić information content (AvgIpc) is 2.97. The van der Waals surface area contributed by atoms with Crippen LogP contribution in [0, 0.1) is 5.82 Å². The molecular formula is C18H22FN3O2S. The number of benzene rings is 1. The Kier molecular flexibility index (Phi) is 4.79. The van der Waals surface area contributed by atoms with E-state index in [1.54, 1.807) is 12.1 Å². The molecule has 1 aliphatic heterocycles. The molecule has 1 fully saturated rings. The van der Waals surface area contributed by atoms with E-state index in [9.17, 15) is 12.8 Å². The van der Waals surface area contributed by atoms with Crippen molar-refractivity contribution in [3.05, 3.63) is 54.0 Å². The van der Waals surface area contributed by atoms with Gasteiger partial charge in [0.05, 0.1) is 0 Å². The van der Waals surface area contributed by atoms with Gasteiger partial charge in [0.2, 0.25) is 10.0 Å². The van der Waals surface area contributed by atoms with Crippen molar-refractivity contribution >= 4 is 15.8 Å². The SMILES string of the molecule is CC1CC(c2ccc(F)cc2)CN1c1ccc(S(=O)(=O)N(C)C)cn1. The number of hydrogen-bond acceptors (Lipinski definition) is 4. The van der Waals surface area contributed by atoms with Crippen LogP contribution in [0.2, 0.25) is 0 Å². The fraction of sp³-hybridized carbons (Fsp3) is 0.389. The molecule has 3 rings (SSSR count). The molecule has 0 radical (unpaired) electrons. The zero-order valence-corrected chi connectivity index (χ0v) is 15.4. The smallest absolute Gasteiger partial charge is 0.244 e. The van der Waals surface area contributed by atoms with Crippen LogP contribution in [0.4, 0.5) is 10.2 Å². The van der Waals surface area contributed by atoms with Crippen LogP contribution in [0.3, 0.4) is 0 Å². The number of nitrogens with zero attached hydrogens (tertiary/aromatic N) is 3. The van der Waals surface area contributed by atoms with E-state index in [2.05, 4.69) is 16.8 Å². The first-order valence-corrected chi connectivity index (χ1v) is 9.63. The highest BCUT2D eigenvalue weighted by Gasteiger charge is 2.31. The van der Waals surface area contributed by atoms with E-state index in [0.29, 0.717) is 5.92 Å². The minimum Gasteiger partial charge on any atom is -0.353 e. The lowest BCUT2D eigenvalue weighted by molar-refractivity contribution is 0.520. The number of hydrogen-bond donors (Lipinski definition) is 0. The van der Waals surface area contributed by atoms with Crippen LogP contribution in [0.5, 0.6) is 0 Å². The van der Waals surface area contributed by atoms with Crippen LogP contribution in [-0.2, 0) is 10.0 Å². The fourth-order valence-corrected chi connectivity index (χ4v) is 4.08. The monoisotopic (exact) mass is 363 g/mol. The van der Waals surface area contributed by atoms with Gasteiger partial charge < -0.3 is 4.90 Å². The lowest BCUT2D eigenvalue weighted by Crippen LogP contribution is -2.28. The highest BCUT2D eigenvalue weighted by Crippen LogP contribution is 2.34. The molecule has 0 saturated carbocycles. The predicted octanol–water partition coefficient (Wildman–Crippen LogP) is 2.85. The quantitative estimate of drug-likeness (QED) is 0.838. The van der Waals surface area contributed by atoms with E-state index in [1.165, 1.54) is 36.7 Å². The van der Waals surface area contributed by atoms with Crippen molar-refractivity contribution in [2.24, 2.45) is 0 Å². The molecule has 2 heterocycles. The number of pyridine rings is 1. The van der Waals surface area contributed by atoms with Crippen LogP contribution in [-0.4, -0.2) is 44.4 Å². The summed E-state index contributed by atoms with van der Waals surface area (Å²) >= 11 is 0. The van der Waals surface area contributed by atoms with Gasteiger partial charge in [-0.3, -0.25) is 0 Å². The van der Waals surface area contributed by atoms with Crippen LogP contribution in [0.1, 0.15) is 24.8 Å². The Bertz CT molecular complexity index is 836. The Morgan fingerprint density at radius 3 is 2.40 bits per heavy atom. The zero-order valence-electron chi connectivity index (χ0n) is 14.6. The standard InChI is InChI=1S/C18H22FN3O2S/c1-13-10-15(14-4-6-16(19)7-5-14)12-22(13)18-9-8-17(11-20-18)25(23,24)21(2)3/h4-9,11,13,15H,10,12H2,1-3H3. The van der Waals surface area contributed by atoms with Gasteiger partial charge in [0.25, 0.3) is 0 Å². The molecule has 0 amide bonds. The van der Waals surface area contributed by atoms with Crippen LogP contribution >= 0.6 is 0 Å². The van der Waals surface area contributed by atoms with Gasteiger partial charge in [-0.05, 0) is 43.2 Å². The van der Waals surface area contributed by atoms with Gasteiger partial charge in [0.1, 0.15) is 16.5 Å². The molecule has 0 spiro atoms. The normalized spacial score (nSPS) is 21.1. The summed E-state index contributed by atoms with van der Waals surface area (Å²) in [4.78, 5) is 6.71. The van der Waals surface area contributed by atoms with Crippen LogP contribution in [0.25, 0.3) is 0 Å². The fourth-order valence-electron chi connectivity index (χ4n) is 3.23. The minimum absolute atomic E-state index is 0.184. The van der Waals surface area contributed by atoms with Crippen molar-refractivity contribution in [3.63, 3.8) is 0 Å². The van der Waals surface area contributed by atoms with E-state index < -0.39 is 10.0 Å². The maximum Gasteiger partial charge on any atom is 0.244 e. The maximum absolute atomic E-state index is 13.1. The maximum atomic E-state index is 13.1. The third-order valence-corrected chi connectivity index (χ3v) is 6.51. The summed E-state index contributed by atoms with van der Waals surface area (Å²) < 4.78 is 38.6. The van der Waals surface area contributed by atoms with Crippen molar-refractivity contribution in [3.8, 4) is 0 Å². The van der Waals surface area contributed by atoms with Gasteiger partial charge in [-0.15, -0.1) is 0 Å². The molecular weight excluding hydrogens is 341 g/mol. The van der Waals surface area contributed by atoms with Gasteiger partial charge >= 0.3 is 0 Å². The van der Waals surface area contributed by atoms with Gasteiger partial charge in [-0.25, -0.2) is 22.1 Å². The molecule has 5 nitrogen and oxygen atoms in total. The molecule has 134 valence electrons. The summed E-state index contributed by atoms with van der Waals surface area (Å²) in [5.41, 5.74) is 1.11. The molecule has 25 heavy (non-hydrogen) atoms. The van der Waals surface area contributed by atoms with E-state index in [-0.39, 0.29) is 16.8 Å². The summed E-state index contributed by atoms with van der Waals surface area (Å²) in [7, 11) is -0.474. The predicted molar refractivity (Wildman–Crippen MR) is 95.7 cm³/mol. The largest absolute Gasteiger partial charge is 0.353 e. The highest BCUT2D eigenvalue weighted by molar-refractivity contribution is 7.89. The summed E-state index contributed by atoms with van der Waals surface area (Å²) in [6.45, 7) is 2.90. The number of aromatic nitrogens is 1. The lowest BCUT2D eigenvalue weighted by atomic mass is 9.97. The second-order valence-electron chi connectivity index (χ2n) is 6.63. The molecule has 2 aromatic rings. The molecule has 2 atom stereocenters. The van der Waals surface area contributed by atoms with Crippen LogP contribution in [0.15, 0.2) is 47.5 Å². The number of sulfonamides is 1. The van der Waals surface area contributed by atoms with E-state index in [0.717, 1.165) is 24.3 Å². The molecule has 2 unspecified atom stereocenters. The van der Waals surface area contributed by atoms with Crippen molar-refractivity contribution < 1.29 is 12.8 Å². The number of anilines is 1. The van der Waals surface area contributed by atoms with E-state index in [4.69, 9.17) is 0 Å². The molecule has 1 aliphatic rings. The van der Waals surface area contributed by atoms with Crippen molar-refractivity contribution in [2.45, 2.75) is 30.2 Å². The average molecular weight is 363 g/mol. The van der Waals surface area contributed by atoms with Crippen molar-refractivity contribution in [1.82, 2.24) is 9.29 Å². The second-order valence-corrected chi connectivity index (χ2v) is 8.78. The van der Waals surface area contributed by atoms with Gasteiger partial charge in [-0.1, -0.05) is 12.1 Å². The van der Waals surface area contributed by atoms with Gasteiger partial charge in [0.15, 0.2) is 0 Å². The minimum atomic E-state index is -3.47. The molecule has 0 bridgehead atoms.